The zero-order valence-corrected chi connectivity index (χ0v) is 17.0. The van der Waals surface area contributed by atoms with Crippen LogP contribution in [0.5, 0.6) is 5.75 Å². The second kappa shape index (κ2) is 6.64. The lowest BCUT2D eigenvalue weighted by atomic mass is 9.53. The topological polar surface area (TPSA) is 34.4 Å². The van der Waals surface area contributed by atoms with Crippen molar-refractivity contribution >= 4 is 21.4 Å². The molecule has 4 fully saturated rings. The van der Waals surface area contributed by atoms with Crippen LogP contribution in [0.2, 0.25) is 0 Å². The van der Waals surface area contributed by atoms with Crippen molar-refractivity contribution in [3.8, 4) is 16.9 Å². The molecule has 28 heavy (non-hydrogen) atoms. The molecule has 4 aliphatic carbocycles. The highest BCUT2D eigenvalue weighted by Gasteiger charge is 2.50. The summed E-state index contributed by atoms with van der Waals surface area (Å²) < 4.78 is 12.7. The van der Waals surface area contributed by atoms with Crippen molar-refractivity contribution in [2.45, 2.75) is 44.1 Å². The summed E-state index contributed by atoms with van der Waals surface area (Å²) in [4.78, 5) is 0. The molecule has 4 bridgehead atoms. The van der Waals surface area contributed by atoms with Gasteiger partial charge >= 0.3 is 0 Å². The highest BCUT2D eigenvalue weighted by Crippen LogP contribution is 2.55. The first kappa shape index (κ1) is 17.1. The maximum absolute atomic E-state index is 6.12. The molecule has 7 rings (SSSR count). The first-order valence-electron chi connectivity index (χ1n) is 10.7. The summed E-state index contributed by atoms with van der Waals surface area (Å²) in [5.41, 5.74) is 2.84. The quantitative estimate of drug-likeness (QED) is 0.514. The Balaban J connectivity index is 1.09. The van der Waals surface area contributed by atoms with Gasteiger partial charge in [-0.05, 0) is 74.0 Å². The fourth-order valence-electron chi connectivity index (χ4n) is 6.55. The molecule has 0 radical (unpaired) electrons. The van der Waals surface area contributed by atoms with Gasteiger partial charge in [-0.25, -0.2) is 0 Å². The third-order valence-corrected chi connectivity index (χ3v) is 8.20. The number of ether oxygens (including phenoxy) is 1. The van der Waals surface area contributed by atoms with E-state index in [1.54, 1.807) is 11.3 Å². The number of hydrogen-bond donors (Lipinski definition) is 1. The van der Waals surface area contributed by atoms with Crippen LogP contribution in [0.1, 0.15) is 38.5 Å². The second-order valence-electron chi connectivity index (χ2n) is 9.30. The lowest BCUT2D eigenvalue weighted by molar-refractivity contribution is -0.0207. The van der Waals surface area contributed by atoms with Crippen molar-refractivity contribution in [2.75, 3.05) is 13.2 Å². The number of benzene rings is 1. The van der Waals surface area contributed by atoms with E-state index in [4.69, 9.17) is 9.15 Å². The Hall–Kier alpha value is -1.78. The van der Waals surface area contributed by atoms with E-state index in [1.165, 1.54) is 59.7 Å². The third-order valence-electron chi connectivity index (χ3n) is 7.27. The monoisotopic (exact) mass is 393 g/mol. The van der Waals surface area contributed by atoms with Crippen LogP contribution in [-0.4, -0.2) is 18.7 Å². The fraction of sp³-hybridized carbons (Fsp3) is 0.500. The van der Waals surface area contributed by atoms with Crippen LogP contribution < -0.4 is 10.1 Å². The summed E-state index contributed by atoms with van der Waals surface area (Å²) in [5, 5.41) is 7.31. The predicted octanol–water partition coefficient (Wildman–Crippen LogP) is 6.10. The molecule has 0 aliphatic heterocycles. The molecule has 4 saturated carbocycles. The maximum atomic E-state index is 6.12. The summed E-state index contributed by atoms with van der Waals surface area (Å²) >= 11 is 1.73. The van der Waals surface area contributed by atoms with Crippen molar-refractivity contribution in [3.05, 3.63) is 42.2 Å². The molecule has 4 aliphatic rings. The van der Waals surface area contributed by atoms with Gasteiger partial charge in [-0.1, -0.05) is 12.1 Å². The molecule has 2 heterocycles. The minimum Gasteiger partial charge on any atom is -0.492 e. The van der Waals surface area contributed by atoms with Gasteiger partial charge in [-0.15, -0.1) is 11.3 Å². The summed E-state index contributed by atoms with van der Waals surface area (Å²) in [6.45, 7) is 1.68. The number of rotatable bonds is 6. The first-order chi connectivity index (χ1) is 13.8. The smallest absolute Gasteiger partial charge is 0.119 e. The molecule has 0 unspecified atom stereocenters. The number of furan rings is 1. The Labute approximate surface area is 170 Å². The number of nitrogens with one attached hydrogen (secondary N) is 1. The molecule has 0 saturated heterocycles. The molecule has 0 spiro atoms. The maximum Gasteiger partial charge on any atom is 0.119 e. The summed E-state index contributed by atoms with van der Waals surface area (Å²) in [6.07, 6.45) is 12.3. The van der Waals surface area contributed by atoms with Gasteiger partial charge in [-0.3, -0.25) is 0 Å². The van der Waals surface area contributed by atoms with Crippen molar-refractivity contribution in [3.63, 3.8) is 0 Å². The van der Waals surface area contributed by atoms with Crippen LogP contribution in [0.15, 0.2) is 46.6 Å². The van der Waals surface area contributed by atoms with Crippen molar-refractivity contribution in [2.24, 2.45) is 17.8 Å². The Kier molecular flexibility index (Phi) is 4.05. The van der Waals surface area contributed by atoms with Gasteiger partial charge in [-0.2, -0.15) is 0 Å². The Bertz CT molecular complexity index is 952. The van der Waals surface area contributed by atoms with Gasteiger partial charge in [0.1, 0.15) is 18.6 Å². The lowest BCUT2D eigenvalue weighted by Crippen LogP contribution is -2.59. The van der Waals surface area contributed by atoms with Crippen molar-refractivity contribution in [1.82, 2.24) is 5.32 Å². The van der Waals surface area contributed by atoms with Gasteiger partial charge in [0.15, 0.2) is 0 Å². The number of thiophene rings is 1. The van der Waals surface area contributed by atoms with E-state index in [2.05, 4.69) is 35.0 Å². The predicted molar refractivity (Wildman–Crippen MR) is 114 cm³/mol. The van der Waals surface area contributed by atoms with Gasteiger partial charge in [0.25, 0.3) is 0 Å². The lowest BCUT2D eigenvalue weighted by Gasteiger charge is -2.57. The molecule has 2 aromatic heterocycles. The highest BCUT2D eigenvalue weighted by molar-refractivity contribution is 7.17. The summed E-state index contributed by atoms with van der Waals surface area (Å²) in [6, 6.07) is 8.45. The molecule has 0 atom stereocenters. The summed E-state index contributed by atoms with van der Waals surface area (Å²) in [7, 11) is 0. The van der Waals surface area contributed by atoms with Gasteiger partial charge in [0, 0.05) is 28.4 Å². The van der Waals surface area contributed by atoms with Crippen LogP contribution >= 0.6 is 11.3 Å². The number of fused-ring (bicyclic) bond motifs is 1. The fourth-order valence-corrected chi connectivity index (χ4v) is 7.45. The standard InChI is InChI=1S/C24H27NO2S/c1-2-19(22-15-28-23-14-26-13-21(22)23)9-20(3-1)27-5-4-25-24-10-16-6-17(11-24)8-18(7-16)12-24/h1-3,9,13-18,25H,4-8,10-12H2. The van der Waals surface area contributed by atoms with E-state index in [0.29, 0.717) is 5.54 Å². The largest absolute Gasteiger partial charge is 0.492 e. The molecule has 1 aromatic carbocycles. The van der Waals surface area contributed by atoms with Crippen LogP contribution in [0, 0.1) is 17.8 Å². The molecular weight excluding hydrogens is 366 g/mol. The first-order valence-corrected chi connectivity index (χ1v) is 11.6. The van der Waals surface area contributed by atoms with Gasteiger partial charge < -0.3 is 14.5 Å². The normalized spacial score (nSPS) is 30.9. The second-order valence-corrected chi connectivity index (χ2v) is 10.2. The van der Waals surface area contributed by atoms with Crippen LogP contribution in [0.4, 0.5) is 0 Å². The van der Waals surface area contributed by atoms with Gasteiger partial charge in [0.05, 0.1) is 11.0 Å². The molecule has 0 amide bonds. The van der Waals surface area contributed by atoms with E-state index < -0.39 is 0 Å². The van der Waals surface area contributed by atoms with E-state index in [9.17, 15) is 0 Å². The average molecular weight is 394 g/mol. The van der Waals surface area contributed by atoms with E-state index in [-0.39, 0.29) is 0 Å². The van der Waals surface area contributed by atoms with Gasteiger partial charge in [0.2, 0.25) is 0 Å². The zero-order chi connectivity index (χ0) is 18.6. The third kappa shape index (κ3) is 2.98. The van der Waals surface area contributed by atoms with Crippen molar-refractivity contribution in [1.29, 1.82) is 0 Å². The Morgan fingerprint density at radius 2 is 1.86 bits per heavy atom. The molecular formula is C24H27NO2S. The zero-order valence-electron chi connectivity index (χ0n) is 16.2. The Morgan fingerprint density at radius 1 is 1.07 bits per heavy atom. The number of hydrogen-bond acceptors (Lipinski definition) is 4. The molecule has 146 valence electrons. The molecule has 3 aromatic rings. The molecule has 3 nitrogen and oxygen atoms in total. The molecule has 1 N–H and O–H groups in total. The van der Waals surface area contributed by atoms with E-state index in [1.807, 2.05) is 12.5 Å². The highest BCUT2D eigenvalue weighted by atomic mass is 32.1. The average Bonchev–Trinajstić information content (AvgIpc) is 3.28. The molecule has 4 heteroatoms. The summed E-state index contributed by atoms with van der Waals surface area (Å²) in [5.74, 6) is 3.91. The van der Waals surface area contributed by atoms with Crippen LogP contribution in [-0.2, 0) is 0 Å². The minimum absolute atomic E-state index is 0.420. The minimum atomic E-state index is 0.420. The van der Waals surface area contributed by atoms with E-state index in [0.717, 1.165) is 36.7 Å². The van der Waals surface area contributed by atoms with Crippen LogP contribution in [0.3, 0.4) is 0 Å². The van der Waals surface area contributed by atoms with Crippen molar-refractivity contribution < 1.29 is 9.15 Å². The SMILES string of the molecule is c1cc(OCCNC23CC4CC(CC(C4)C2)C3)cc(-c2csc3cocc23)c1. The van der Waals surface area contributed by atoms with Crippen LogP contribution in [0.25, 0.3) is 21.2 Å². The van der Waals surface area contributed by atoms with E-state index >= 15 is 0 Å². The Morgan fingerprint density at radius 3 is 2.64 bits per heavy atom.